The van der Waals surface area contributed by atoms with Crippen LogP contribution in [-0.4, -0.2) is 24.2 Å². The van der Waals surface area contributed by atoms with Crippen molar-refractivity contribution in [2.24, 2.45) is 0 Å². The standard InChI is InChI=1S/C15H14ClNO3S2/c1-9(22-11-5-3-10(16)4-6-11)14(18)17-12-7-8-21-13(12)15(19)20-2/h3-9H,1-2H3,(H,17,18). The molecule has 7 heteroatoms. The number of carbonyl (C=O) groups excluding carboxylic acids is 2. The third-order valence-corrected chi connectivity index (χ3v) is 5.05. The molecule has 1 heterocycles. The first kappa shape index (κ1) is 16.9. The molecule has 1 amide bonds. The van der Waals surface area contributed by atoms with Crippen molar-refractivity contribution in [3.05, 3.63) is 45.6 Å². The number of anilines is 1. The average Bonchev–Trinajstić information content (AvgIpc) is 2.96. The molecular formula is C15H14ClNO3S2. The molecule has 0 aliphatic carbocycles. The van der Waals surface area contributed by atoms with Crippen LogP contribution in [-0.2, 0) is 9.53 Å². The van der Waals surface area contributed by atoms with Crippen LogP contribution in [0.15, 0.2) is 40.6 Å². The second kappa shape index (κ2) is 7.67. The van der Waals surface area contributed by atoms with Gasteiger partial charge in [0.15, 0.2) is 0 Å². The van der Waals surface area contributed by atoms with E-state index in [-0.39, 0.29) is 11.2 Å². The van der Waals surface area contributed by atoms with E-state index in [0.717, 1.165) is 4.90 Å². The van der Waals surface area contributed by atoms with E-state index in [0.29, 0.717) is 15.6 Å². The maximum atomic E-state index is 12.2. The van der Waals surface area contributed by atoms with Crippen molar-refractivity contribution in [2.45, 2.75) is 17.1 Å². The number of rotatable bonds is 5. The number of nitrogens with one attached hydrogen (secondary N) is 1. The van der Waals surface area contributed by atoms with Crippen molar-refractivity contribution in [1.82, 2.24) is 0 Å². The Labute approximate surface area is 141 Å². The van der Waals surface area contributed by atoms with Crippen molar-refractivity contribution in [1.29, 1.82) is 0 Å². The van der Waals surface area contributed by atoms with Gasteiger partial charge >= 0.3 is 5.97 Å². The molecule has 22 heavy (non-hydrogen) atoms. The lowest BCUT2D eigenvalue weighted by Gasteiger charge is -2.12. The van der Waals surface area contributed by atoms with E-state index in [2.05, 4.69) is 10.1 Å². The molecule has 0 spiro atoms. The van der Waals surface area contributed by atoms with Crippen molar-refractivity contribution >= 4 is 52.3 Å². The van der Waals surface area contributed by atoms with Crippen LogP contribution in [0.2, 0.25) is 5.02 Å². The molecule has 1 aromatic heterocycles. The van der Waals surface area contributed by atoms with Gasteiger partial charge in [0.25, 0.3) is 0 Å². The second-order valence-corrected chi connectivity index (χ2v) is 7.12. The fourth-order valence-corrected chi connectivity index (χ4v) is 3.42. The van der Waals surface area contributed by atoms with Gasteiger partial charge in [-0.1, -0.05) is 11.6 Å². The Kier molecular flexibility index (Phi) is 5.88. The summed E-state index contributed by atoms with van der Waals surface area (Å²) in [4.78, 5) is 25.2. The first-order chi connectivity index (χ1) is 10.5. The summed E-state index contributed by atoms with van der Waals surface area (Å²) in [6.07, 6.45) is 0. The summed E-state index contributed by atoms with van der Waals surface area (Å²) >= 11 is 8.48. The molecule has 1 atom stereocenters. The Morgan fingerprint density at radius 1 is 1.27 bits per heavy atom. The quantitative estimate of drug-likeness (QED) is 0.641. The number of hydrogen-bond donors (Lipinski definition) is 1. The summed E-state index contributed by atoms with van der Waals surface area (Å²) in [6, 6.07) is 8.97. The maximum absolute atomic E-state index is 12.2. The second-order valence-electron chi connectivity index (χ2n) is 4.36. The molecule has 0 radical (unpaired) electrons. The Hall–Kier alpha value is -1.50. The van der Waals surface area contributed by atoms with Gasteiger partial charge in [-0.3, -0.25) is 4.79 Å². The molecule has 0 saturated carbocycles. The van der Waals surface area contributed by atoms with Crippen LogP contribution in [0.4, 0.5) is 5.69 Å². The number of ether oxygens (including phenoxy) is 1. The van der Waals surface area contributed by atoms with E-state index in [1.54, 1.807) is 30.5 Å². The lowest BCUT2D eigenvalue weighted by atomic mass is 10.3. The van der Waals surface area contributed by atoms with Crippen LogP contribution >= 0.6 is 34.7 Å². The molecule has 2 aromatic rings. The lowest BCUT2D eigenvalue weighted by molar-refractivity contribution is -0.115. The van der Waals surface area contributed by atoms with Gasteiger partial charge in [-0.2, -0.15) is 0 Å². The van der Waals surface area contributed by atoms with Crippen LogP contribution in [0.1, 0.15) is 16.6 Å². The van der Waals surface area contributed by atoms with E-state index in [4.69, 9.17) is 11.6 Å². The third kappa shape index (κ3) is 4.25. The number of esters is 1. The zero-order valence-electron chi connectivity index (χ0n) is 12.0. The van der Waals surface area contributed by atoms with Gasteiger partial charge in [-0.15, -0.1) is 23.1 Å². The highest BCUT2D eigenvalue weighted by molar-refractivity contribution is 8.00. The van der Waals surface area contributed by atoms with Crippen molar-refractivity contribution in [3.63, 3.8) is 0 Å². The van der Waals surface area contributed by atoms with Gasteiger partial charge in [0, 0.05) is 9.92 Å². The summed E-state index contributed by atoms with van der Waals surface area (Å²) in [5.41, 5.74) is 0.477. The number of amides is 1. The predicted octanol–water partition coefficient (Wildman–Crippen LogP) is 4.31. The average molecular weight is 356 g/mol. The van der Waals surface area contributed by atoms with Crippen molar-refractivity contribution < 1.29 is 14.3 Å². The summed E-state index contributed by atoms with van der Waals surface area (Å²) < 4.78 is 4.69. The van der Waals surface area contributed by atoms with Gasteiger partial charge < -0.3 is 10.1 Å². The van der Waals surface area contributed by atoms with E-state index >= 15 is 0 Å². The lowest BCUT2D eigenvalue weighted by Crippen LogP contribution is -2.23. The number of benzene rings is 1. The summed E-state index contributed by atoms with van der Waals surface area (Å²) in [5.74, 6) is -0.633. The fraction of sp³-hybridized carbons (Fsp3) is 0.200. The molecular weight excluding hydrogens is 342 g/mol. The molecule has 1 aromatic carbocycles. The van der Waals surface area contributed by atoms with Crippen molar-refractivity contribution in [2.75, 3.05) is 12.4 Å². The van der Waals surface area contributed by atoms with Crippen LogP contribution in [0.5, 0.6) is 0 Å². The maximum Gasteiger partial charge on any atom is 0.350 e. The van der Waals surface area contributed by atoms with Crippen molar-refractivity contribution in [3.8, 4) is 0 Å². The highest BCUT2D eigenvalue weighted by Gasteiger charge is 2.19. The minimum absolute atomic E-state index is 0.177. The molecule has 0 fully saturated rings. The van der Waals surface area contributed by atoms with Crippen LogP contribution in [0.3, 0.4) is 0 Å². The predicted molar refractivity (Wildman–Crippen MR) is 91.1 cm³/mol. The number of methoxy groups -OCH3 is 1. The van der Waals surface area contributed by atoms with Crippen LogP contribution in [0.25, 0.3) is 0 Å². The number of halogens is 1. The monoisotopic (exact) mass is 355 g/mol. The third-order valence-electron chi connectivity index (χ3n) is 2.79. The zero-order chi connectivity index (χ0) is 16.1. The van der Waals surface area contributed by atoms with Gasteiger partial charge in [0.2, 0.25) is 5.91 Å². The number of thioether (sulfide) groups is 1. The largest absolute Gasteiger partial charge is 0.465 e. The zero-order valence-corrected chi connectivity index (χ0v) is 14.3. The van der Waals surface area contributed by atoms with Gasteiger partial charge in [0.05, 0.1) is 18.0 Å². The smallest absolute Gasteiger partial charge is 0.350 e. The first-order valence-corrected chi connectivity index (χ1v) is 8.54. The molecule has 2 rings (SSSR count). The fourth-order valence-electron chi connectivity index (χ4n) is 1.66. The number of carbonyl (C=O) groups is 2. The van der Waals surface area contributed by atoms with Gasteiger partial charge in [-0.25, -0.2) is 4.79 Å². The molecule has 0 aliphatic heterocycles. The molecule has 0 aliphatic rings. The SMILES string of the molecule is COC(=O)c1sccc1NC(=O)C(C)Sc1ccc(Cl)cc1. The summed E-state index contributed by atoms with van der Waals surface area (Å²) in [7, 11) is 1.31. The highest BCUT2D eigenvalue weighted by Crippen LogP contribution is 2.27. The highest BCUT2D eigenvalue weighted by atomic mass is 35.5. The summed E-state index contributed by atoms with van der Waals surface area (Å²) in [5, 5.41) is 4.84. The van der Waals surface area contributed by atoms with E-state index in [1.807, 2.05) is 12.1 Å². The van der Waals surface area contributed by atoms with E-state index < -0.39 is 5.97 Å². The Morgan fingerprint density at radius 3 is 2.59 bits per heavy atom. The Morgan fingerprint density at radius 2 is 1.95 bits per heavy atom. The molecule has 1 N–H and O–H groups in total. The van der Waals surface area contributed by atoms with E-state index in [9.17, 15) is 9.59 Å². The number of hydrogen-bond acceptors (Lipinski definition) is 5. The number of thiophene rings is 1. The van der Waals surface area contributed by atoms with Crippen LogP contribution in [0, 0.1) is 0 Å². The molecule has 0 saturated heterocycles. The minimum Gasteiger partial charge on any atom is -0.465 e. The topological polar surface area (TPSA) is 55.4 Å². The summed E-state index contributed by atoms with van der Waals surface area (Å²) in [6.45, 7) is 1.80. The van der Waals surface area contributed by atoms with Gasteiger partial charge in [0.1, 0.15) is 4.88 Å². The van der Waals surface area contributed by atoms with Gasteiger partial charge in [-0.05, 0) is 42.6 Å². The molecule has 4 nitrogen and oxygen atoms in total. The van der Waals surface area contributed by atoms with Crippen LogP contribution < -0.4 is 5.32 Å². The Balaban J connectivity index is 2.01. The minimum atomic E-state index is -0.455. The Bertz CT molecular complexity index is 670. The first-order valence-electron chi connectivity index (χ1n) is 6.40. The molecule has 116 valence electrons. The molecule has 1 unspecified atom stereocenters. The molecule has 0 bridgehead atoms. The normalized spacial score (nSPS) is 11.8. The van der Waals surface area contributed by atoms with E-state index in [1.165, 1.54) is 30.2 Å².